The number of imide groups is 1. The van der Waals surface area contributed by atoms with Crippen LogP contribution < -0.4 is 15.8 Å². The smallest absolute Gasteiger partial charge is 0.409 e. The molecule has 1 aliphatic heterocycles. The van der Waals surface area contributed by atoms with Crippen LogP contribution in [0.2, 0.25) is 0 Å². The predicted octanol–water partition coefficient (Wildman–Crippen LogP) is 3.23. The Kier molecular flexibility index (Phi) is 4.83. The Morgan fingerprint density at radius 1 is 1.04 bits per heavy atom. The zero-order valence-corrected chi connectivity index (χ0v) is 13.7. The highest BCUT2D eigenvalue weighted by Gasteiger charge is 2.23. The summed E-state index contributed by atoms with van der Waals surface area (Å²) < 4.78 is 5.00. The molecule has 0 bridgehead atoms. The van der Waals surface area contributed by atoms with Gasteiger partial charge in [0.05, 0.1) is 5.69 Å². The van der Waals surface area contributed by atoms with Crippen molar-refractivity contribution in [2.45, 2.75) is 25.7 Å². The number of amides is 4. The number of nitrogens with one attached hydrogen (secondary N) is 1. The van der Waals surface area contributed by atoms with Crippen LogP contribution in [-0.2, 0) is 4.79 Å². The first-order chi connectivity index (χ1) is 12.1. The minimum absolute atomic E-state index is 0.159. The number of nitrogens with two attached hydrogens (primary N) is 1. The molecule has 0 unspecified atom stereocenters. The molecule has 7 heteroatoms. The predicted molar refractivity (Wildman–Crippen MR) is 93.4 cm³/mol. The second-order valence-electron chi connectivity index (χ2n) is 5.86. The van der Waals surface area contributed by atoms with E-state index in [1.165, 1.54) is 4.90 Å². The lowest BCUT2D eigenvalue weighted by Gasteiger charge is -2.20. The van der Waals surface area contributed by atoms with Crippen molar-refractivity contribution in [3.63, 3.8) is 0 Å². The topological polar surface area (TPSA) is 102 Å². The quantitative estimate of drug-likeness (QED) is 0.875. The number of fused-ring (bicyclic) bond motifs is 1. The van der Waals surface area contributed by atoms with Gasteiger partial charge < -0.3 is 15.8 Å². The van der Waals surface area contributed by atoms with Crippen LogP contribution >= 0.6 is 0 Å². The molecule has 0 spiro atoms. The number of hydrogen-bond acceptors (Lipinski definition) is 4. The zero-order valence-electron chi connectivity index (χ0n) is 13.7. The van der Waals surface area contributed by atoms with Gasteiger partial charge in [-0.05, 0) is 25.0 Å². The van der Waals surface area contributed by atoms with Crippen molar-refractivity contribution in [2.24, 2.45) is 5.73 Å². The van der Waals surface area contributed by atoms with E-state index in [9.17, 15) is 14.4 Å². The largest absolute Gasteiger partial charge is 0.410 e. The van der Waals surface area contributed by atoms with Crippen LogP contribution in [0.3, 0.4) is 0 Å². The molecule has 7 nitrogen and oxygen atoms in total. The number of anilines is 1. The Hall–Kier alpha value is -3.09. The summed E-state index contributed by atoms with van der Waals surface area (Å²) in [5, 5.41) is 4.12. The molecule has 0 radical (unpaired) electrons. The third-order valence-electron chi connectivity index (χ3n) is 4.15. The minimum Gasteiger partial charge on any atom is -0.410 e. The minimum atomic E-state index is -0.905. The first-order valence-corrected chi connectivity index (χ1v) is 8.16. The summed E-state index contributed by atoms with van der Waals surface area (Å²) in [5.74, 6) is 0.153. The second kappa shape index (κ2) is 7.21. The van der Waals surface area contributed by atoms with Crippen molar-refractivity contribution in [3.8, 4) is 5.75 Å². The van der Waals surface area contributed by atoms with Gasteiger partial charge in [-0.1, -0.05) is 30.7 Å². The summed E-state index contributed by atoms with van der Waals surface area (Å²) in [7, 11) is 0. The van der Waals surface area contributed by atoms with E-state index in [4.69, 9.17) is 10.5 Å². The Labute approximate surface area is 144 Å². The normalized spacial score (nSPS) is 14.9. The molecule has 25 heavy (non-hydrogen) atoms. The highest BCUT2D eigenvalue weighted by atomic mass is 16.5. The van der Waals surface area contributed by atoms with Crippen LogP contribution in [0.25, 0.3) is 10.8 Å². The molecular weight excluding hydrogens is 322 g/mol. The number of rotatable bonds is 2. The number of nitrogens with zero attached hydrogens (tertiary/aromatic N) is 1. The molecule has 3 N–H and O–H groups in total. The van der Waals surface area contributed by atoms with Crippen LogP contribution in [0.15, 0.2) is 36.4 Å². The number of carbonyl (C=O) groups is 3. The highest BCUT2D eigenvalue weighted by Crippen LogP contribution is 2.31. The molecule has 1 fully saturated rings. The van der Waals surface area contributed by atoms with E-state index in [0.717, 1.165) is 19.3 Å². The van der Waals surface area contributed by atoms with E-state index in [0.29, 0.717) is 35.2 Å². The molecule has 3 rings (SSSR count). The number of urea groups is 1. The van der Waals surface area contributed by atoms with Gasteiger partial charge in [0, 0.05) is 23.7 Å². The summed E-state index contributed by atoms with van der Waals surface area (Å²) >= 11 is 0. The summed E-state index contributed by atoms with van der Waals surface area (Å²) in [6, 6.07) is 9.90. The van der Waals surface area contributed by atoms with Gasteiger partial charge in [-0.3, -0.25) is 9.69 Å². The van der Waals surface area contributed by atoms with E-state index >= 15 is 0 Å². The maximum Gasteiger partial charge on any atom is 0.409 e. The van der Waals surface area contributed by atoms with Crippen LogP contribution in [0, 0.1) is 0 Å². The fourth-order valence-corrected chi connectivity index (χ4v) is 2.97. The number of benzene rings is 2. The Morgan fingerprint density at radius 3 is 2.60 bits per heavy atom. The lowest BCUT2D eigenvalue weighted by Crippen LogP contribution is -2.39. The summed E-state index contributed by atoms with van der Waals surface area (Å²) in [6.07, 6.45) is 2.05. The number of carbonyl (C=O) groups excluding carboxylic acids is 3. The molecule has 4 amide bonds. The molecule has 0 aliphatic carbocycles. The van der Waals surface area contributed by atoms with Gasteiger partial charge in [-0.25, -0.2) is 9.59 Å². The molecule has 1 heterocycles. The van der Waals surface area contributed by atoms with Crippen LogP contribution in [0.5, 0.6) is 5.75 Å². The lowest BCUT2D eigenvalue weighted by atomic mass is 10.1. The number of primary amides is 1. The number of likely N-dealkylation sites (tertiary alicyclic amines) is 1. The third kappa shape index (κ3) is 3.71. The van der Waals surface area contributed by atoms with Crippen molar-refractivity contribution < 1.29 is 19.1 Å². The maximum absolute atomic E-state index is 12.5. The Morgan fingerprint density at radius 2 is 1.80 bits per heavy atom. The molecule has 0 atom stereocenters. The molecule has 130 valence electrons. The van der Waals surface area contributed by atoms with E-state index in [2.05, 4.69) is 5.32 Å². The van der Waals surface area contributed by atoms with Gasteiger partial charge in [0.1, 0.15) is 5.75 Å². The van der Waals surface area contributed by atoms with Crippen molar-refractivity contribution in [1.29, 1.82) is 0 Å². The Bertz CT molecular complexity index is 834. The van der Waals surface area contributed by atoms with E-state index < -0.39 is 12.1 Å². The number of hydrogen-bond donors (Lipinski definition) is 2. The van der Waals surface area contributed by atoms with Gasteiger partial charge >= 0.3 is 12.1 Å². The molecular formula is C18H19N3O4. The van der Waals surface area contributed by atoms with Gasteiger partial charge in [-0.15, -0.1) is 0 Å². The highest BCUT2D eigenvalue weighted by molar-refractivity contribution is 6.07. The first kappa shape index (κ1) is 16.8. The summed E-state index contributed by atoms with van der Waals surface area (Å²) in [6.45, 7) is 0.422. The summed E-state index contributed by atoms with van der Waals surface area (Å²) in [5.41, 5.74) is 5.62. The van der Waals surface area contributed by atoms with Crippen LogP contribution in [-0.4, -0.2) is 29.5 Å². The third-order valence-corrected chi connectivity index (χ3v) is 4.15. The SMILES string of the molecule is NC(=O)Oc1cccc2c(NC(=O)N3CCCCCC3=O)cccc12. The molecule has 1 saturated heterocycles. The average molecular weight is 341 g/mol. The Balaban J connectivity index is 1.89. The lowest BCUT2D eigenvalue weighted by molar-refractivity contribution is -0.127. The molecule has 2 aromatic rings. The van der Waals surface area contributed by atoms with Crippen LogP contribution in [0.1, 0.15) is 25.7 Å². The molecule has 1 aliphatic rings. The van der Waals surface area contributed by atoms with E-state index in [1.54, 1.807) is 36.4 Å². The average Bonchev–Trinajstić information content (AvgIpc) is 2.79. The van der Waals surface area contributed by atoms with Gasteiger partial charge in [0.25, 0.3) is 0 Å². The molecule has 0 saturated carbocycles. The number of ether oxygens (including phenoxy) is 1. The zero-order chi connectivity index (χ0) is 17.8. The molecule has 0 aromatic heterocycles. The van der Waals surface area contributed by atoms with Gasteiger partial charge in [0.2, 0.25) is 5.91 Å². The van der Waals surface area contributed by atoms with Gasteiger partial charge in [-0.2, -0.15) is 0 Å². The fourth-order valence-electron chi connectivity index (χ4n) is 2.97. The standard InChI is InChI=1S/C18H19N3O4/c19-17(23)25-15-9-5-6-12-13(15)7-4-8-14(12)20-18(24)21-11-3-1-2-10-16(21)22/h4-9H,1-3,10-11H2,(H2,19,23)(H,20,24). The monoisotopic (exact) mass is 341 g/mol. The first-order valence-electron chi connectivity index (χ1n) is 8.16. The van der Waals surface area contributed by atoms with Crippen molar-refractivity contribution in [3.05, 3.63) is 36.4 Å². The van der Waals surface area contributed by atoms with E-state index in [1.807, 2.05) is 0 Å². The summed E-state index contributed by atoms with van der Waals surface area (Å²) in [4.78, 5) is 36.9. The van der Waals surface area contributed by atoms with Gasteiger partial charge in [0.15, 0.2) is 0 Å². The fraction of sp³-hybridized carbons (Fsp3) is 0.278. The maximum atomic E-state index is 12.5. The van der Waals surface area contributed by atoms with Crippen LogP contribution in [0.4, 0.5) is 15.3 Å². The molecule has 2 aromatic carbocycles. The van der Waals surface area contributed by atoms with Crippen molar-refractivity contribution in [1.82, 2.24) is 4.90 Å². The van der Waals surface area contributed by atoms with Crippen molar-refractivity contribution >= 4 is 34.5 Å². The van der Waals surface area contributed by atoms with E-state index in [-0.39, 0.29) is 5.91 Å². The van der Waals surface area contributed by atoms with Crippen molar-refractivity contribution in [2.75, 3.05) is 11.9 Å². The second-order valence-corrected chi connectivity index (χ2v) is 5.86.